The van der Waals surface area contributed by atoms with Gasteiger partial charge in [0.2, 0.25) is 0 Å². The van der Waals surface area contributed by atoms with E-state index >= 15 is 0 Å². The van der Waals surface area contributed by atoms with Gasteiger partial charge in [0.05, 0.1) is 0 Å². The molecule has 0 spiro atoms. The fraction of sp³-hybridized carbons (Fsp3) is 0. The molecule has 0 unspecified atom stereocenters. The van der Waals surface area contributed by atoms with Crippen LogP contribution in [0.5, 0.6) is 0 Å². The number of hydrogen-bond donors (Lipinski definition) is 0. The van der Waals surface area contributed by atoms with Gasteiger partial charge in [0.15, 0.2) is 0 Å². The summed E-state index contributed by atoms with van der Waals surface area (Å²) >= 11 is 1.66. The van der Waals surface area contributed by atoms with E-state index in [4.69, 9.17) is 0 Å². The van der Waals surface area contributed by atoms with Crippen LogP contribution in [0.1, 0.15) is 0 Å². The van der Waals surface area contributed by atoms with Crippen molar-refractivity contribution in [3.8, 4) is 0 Å². The molecule has 0 aliphatic heterocycles. The molecule has 7 heavy (non-hydrogen) atoms. The second-order valence-corrected chi connectivity index (χ2v) is 2.87. The fourth-order valence-corrected chi connectivity index (χ4v) is 0.844. The summed E-state index contributed by atoms with van der Waals surface area (Å²) in [5.74, 6) is 0. The SMILES string of the molecule is [At]c1cccnc1. The van der Waals surface area contributed by atoms with Gasteiger partial charge < -0.3 is 0 Å². The molecule has 0 aliphatic rings. The number of aromatic nitrogens is 1. The van der Waals surface area contributed by atoms with Crippen LogP contribution in [0.15, 0.2) is 24.5 Å². The van der Waals surface area contributed by atoms with Crippen molar-refractivity contribution < 1.29 is 24.7 Å². The molecule has 0 fully saturated rings. The summed E-state index contributed by atoms with van der Waals surface area (Å²) in [6, 6.07) is 3.99. The Balaban J connectivity index is 3.02. The molecule has 1 aromatic rings. The van der Waals surface area contributed by atoms with Crippen LogP contribution in [0.2, 0.25) is 0 Å². The van der Waals surface area contributed by atoms with E-state index in [0.717, 1.165) is 0 Å². The van der Waals surface area contributed by atoms with Crippen molar-refractivity contribution >= 4 is 3.27 Å². The maximum absolute atomic E-state index is 3.90. The molecule has 36 valence electrons. The molecule has 0 aromatic carbocycles. The van der Waals surface area contributed by atoms with Gasteiger partial charge in [0, 0.05) is 0 Å². The zero-order valence-electron chi connectivity index (χ0n) is 3.63. The van der Waals surface area contributed by atoms with Crippen LogP contribution >= 0.6 is 0 Å². The van der Waals surface area contributed by atoms with E-state index < -0.39 is 0 Å². The van der Waals surface area contributed by atoms with Crippen molar-refractivity contribution in [2.75, 3.05) is 0 Å². The molecular weight excluding hydrogens is 284 g/mol. The summed E-state index contributed by atoms with van der Waals surface area (Å²) in [6.07, 6.45) is 3.64. The van der Waals surface area contributed by atoms with E-state index in [-0.39, 0.29) is 0 Å². The molecule has 0 bridgehead atoms. The summed E-state index contributed by atoms with van der Waals surface area (Å²) in [4.78, 5) is 3.90. The van der Waals surface area contributed by atoms with Crippen LogP contribution in [0, 0.1) is 24.7 Å². The van der Waals surface area contributed by atoms with Crippen LogP contribution in [-0.2, 0) is 0 Å². The van der Waals surface area contributed by atoms with Gasteiger partial charge in [0.25, 0.3) is 0 Å². The van der Waals surface area contributed by atoms with Gasteiger partial charge >= 0.3 is 57.5 Å². The maximum atomic E-state index is 3.90. The van der Waals surface area contributed by atoms with E-state index in [1.165, 1.54) is 3.27 Å². The molecule has 0 amide bonds. The summed E-state index contributed by atoms with van der Waals surface area (Å²) in [5.41, 5.74) is 0. The Kier molecular flexibility index (Phi) is 1.75. The number of nitrogens with zero attached hydrogens (tertiary/aromatic N) is 1. The third kappa shape index (κ3) is 1.52. The van der Waals surface area contributed by atoms with Crippen molar-refractivity contribution in [1.82, 2.24) is 4.98 Å². The molecule has 0 atom stereocenters. The molecule has 0 saturated carbocycles. The monoisotopic (exact) mass is 288 g/mol. The molecule has 1 rings (SSSR count). The molecule has 0 saturated heterocycles. The normalized spacial score (nSPS) is 8.71. The van der Waals surface area contributed by atoms with Gasteiger partial charge in [-0.1, -0.05) is 0 Å². The second kappa shape index (κ2) is 2.37. The number of rotatable bonds is 0. The third-order valence-corrected chi connectivity index (χ3v) is 1.49. The Labute approximate surface area is 57.6 Å². The van der Waals surface area contributed by atoms with Gasteiger partial charge in [-0.05, 0) is 0 Å². The minimum atomic E-state index is 1.27. The molecule has 1 aromatic heterocycles. The molecule has 1 heterocycles. The Hall–Kier alpha value is 0.0331. The Morgan fingerprint density at radius 1 is 1.57 bits per heavy atom. The first kappa shape index (κ1) is 5.18. The van der Waals surface area contributed by atoms with Crippen molar-refractivity contribution in [3.05, 3.63) is 24.5 Å². The molecule has 0 radical (unpaired) electrons. The standard InChI is InChI=1S/C5H4AtN/c6-5-2-1-3-7-4-5/h1-4H. The number of hydrogen-bond acceptors (Lipinski definition) is 1. The second-order valence-electron chi connectivity index (χ2n) is 1.17. The van der Waals surface area contributed by atoms with Gasteiger partial charge in [-0.3, -0.25) is 0 Å². The molecule has 0 aliphatic carbocycles. The Bertz CT molecular complexity index is 138. The van der Waals surface area contributed by atoms with Gasteiger partial charge in [-0.2, -0.15) is 0 Å². The first-order valence-electron chi connectivity index (χ1n) is 1.95. The Morgan fingerprint density at radius 2 is 2.43 bits per heavy atom. The van der Waals surface area contributed by atoms with E-state index in [1.807, 2.05) is 18.3 Å². The van der Waals surface area contributed by atoms with Crippen LogP contribution in [0.3, 0.4) is 0 Å². The predicted octanol–water partition coefficient (Wildman–Crippen LogP) is 0.256. The third-order valence-electron chi connectivity index (χ3n) is 0.625. The average Bonchev–Trinajstić information content (AvgIpc) is 1.69. The van der Waals surface area contributed by atoms with Crippen molar-refractivity contribution in [3.63, 3.8) is 0 Å². The van der Waals surface area contributed by atoms with E-state index in [2.05, 4.69) is 4.98 Å². The summed E-state index contributed by atoms with van der Waals surface area (Å²) in [7, 11) is 0. The average molecular weight is 288 g/mol. The van der Waals surface area contributed by atoms with E-state index in [9.17, 15) is 0 Å². The summed E-state index contributed by atoms with van der Waals surface area (Å²) in [6.45, 7) is 0. The van der Waals surface area contributed by atoms with Gasteiger partial charge in [0.1, 0.15) is 0 Å². The van der Waals surface area contributed by atoms with E-state index in [1.54, 1.807) is 30.9 Å². The predicted molar refractivity (Wildman–Crippen MR) is 23.9 cm³/mol. The first-order valence-corrected chi connectivity index (χ1v) is 3.42. The Morgan fingerprint density at radius 3 is 2.71 bits per heavy atom. The van der Waals surface area contributed by atoms with Crippen LogP contribution < -0.4 is 3.27 Å². The first-order chi connectivity index (χ1) is 3.39. The zero-order valence-corrected chi connectivity index (χ0v) is 6.57. The molecule has 2 heteroatoms. The van der Waals surface area contributed by atoms with Crippen molar-refractivity contribution in [2.45, 2.75) is 0 Å². The van der Waals surface area contributed by atoms with E-state index in [0.29, 0.717) is 0 Å². The topological polar surface area (TPSA) is 12.9 Å². The van der Waals surface area contributed by atoms with Crippen molar-refractivity contribution in [2.24, 2.45) is 0 Å². The number of pyridine rings is 1. The molecule has 1 nitrogen and oxygen atoms in total. The van der Waals surface area contributed by atoms with Crippen LogP contribution in [0.4, 0.5) is 0 Å². The van der Waals surface area contributed by atoms with Crippen molar-refractivity contribution in [1.29, 1.82) is 0 Å². The van der Waals surface area contributed by atoms with Gasteiger partial charge in [-0.25, -0.2) is 0 Å². The zero-order chi connectivity index (χ0) is 5.11. The minimum absolute atomic E-state index is 1.27. The molecule has 0 N–H and O–H groups in total. The summed E-state index contributed by atoms with van der Waals surface area (Å²) < 4.78 is 1.27. The van der Waals surface area contributed by atoms with Gasteiger partial charge in [-0.15, -0.1) is 0 Å². The van der Waals surface area contributed by atoms with Crippen LogP contribution in [0.25, 0.3) is 0 Å². The fourth-order valence-electron chi connectivity index (χ4n) is 0.342. The molecular formula is C5H4AtN. The summed E-state index contributed by atoms with van der Waals surface area (Å²) in [5, 5.41) is 0. The van der Waals surface area contributed by atoms with Crippen LogP contribution in [-0.4, -0.2) is 4.98 Å². The quantitative estimate of drug-likeness (QED) is 0.667.